The van der Waals surface area contributed by atoms with Crippen LogP contribution in [0.4, 0.5) is 31.1 Å². The van der Waals surface area contributed by atoms with Gasteiger partial charge in [0.15, 0.2) is 0 Å². The number of piperidine rings is 2. The van der Waals surface area contributed by atoms with Crippen LogP contribution in [-0.4, -0.2) is 53.0 Å². The fourth-order valence-electron chi connectivity index (χ4n) is 5.04. The lowest BCUT2D eigenvalue weighted by Crippen LogP contribution is -2.47. The molecule has 2 heterocycles. The van der Waals surface area contributed by atoms with Crippen molar-refractivity contribution in [3.8, 4) is 0 Å². The van der Waals surface area contributed by atoms with Gasteiger partial charge >= 0.3 is 18.4 Å². The van der Waals surface area contributed by atoms with Gasteiger partial charge < -0.3 is 25.2 Å². The third-order valence-electron chi connectivity index (χ3n) is 7.14. The molecule has 0 unspecified atom stereocenters. The molecule has 4 rings (SSSR count). The first-order valence-corrected chi connectivity index (χ1v) is 13.3. The molecule has 0 bridgehead atoms. The molecule has 0 aromatic heterocycles. The summed E-state index contributed by atoms with van der Waals surface area (Å²) in [6, 6.07) is 10.3. The van der Waals surface area contributed by atoms with Gasteiger partial charge in [-0.1, -0.05) is 36.4 Å². The molecule has 2 aliphatic heterocycles. The average molecular weight is 591 g/mol. The number of hydrogen-bond donors (Lipinski definition) is 3. The van der Waals surface area contributed by atoms with Gasteiger partial charge in [0.2, 0.25) is 0 Å². The van der Waals surface area contributed by atoms with Crippen molar-refractivity contribution < 1.29 is 46.1 Å². The van der Waals surface area contributed by atoms with E-state index >= 15 is 0 Å². The van der Waals surface area contributed by atoms with Crippen molar-refractivity contribution in [1.82, 2.24) is 10.2 Å². The standard InChI is InChI=1S/C17H22F3NO3.C12H14F3NO/c1-15(2,3)24-14(22)21-10-8-16(23,9-11-21)12-6-4-5-7-13(12)17(18,19)20;13-12(14,15)10-4-2-1-3-9(10)11(17)5-7-16-8-6-11/h4-7,23H,8-11H2,1-3H3;1-4,16-17H,5-8H2. The number of carbonyl (C=O) groups excluding carboxylic acids is 1. The molecule has 3 N–H and O–H groups in total. The summed E-state index contributed by atoms with van der Waals surface area (Å²) < 4.78 is 83.3. The van der Waals surface area contributed by atoms with Crippen LogP contribution >= 0.6 is 0 Å². The third-order valence-corrected chi connectivity index (χ3v) is 7.14. The molecule has 2 fully saturated rings. The molecule has 2 saturated heterocycles. The number of benzene rings is 2. The van der Waals surface area contributed by atoms with E-state index in [1.807, 2.05) is 0 Å². The molecule has 41 heavy (non-hydrogen) atoms. The highest BCUT2D eigenvalue weighted by atomic mass is 19.4. The van der Waals surface area contributed by atoms with Crippen LogP contribution < -0.4 is 5.32 Å². The SMILES string of the molecule is CC(C)(C)OC(=O)N1CCC(O)(c2ccccc2C(F)(F)F)CC1.OC1(c2ccccc2C(F)(F)F)CCNCC1. The Morgan fingerprint density at radius 3 is 1.54 bits per heavy atom. The molecule has 228 valence electrons. The number of rotatable bonds is 2. The molecular formula is C29H36F6N2O4. The zero-order valence-corrected chi connectivity index (χ0v) is 23.2. The zero-order valence-electron chi connectivity index (χ0n) is 23.2. The highest BCUT2D eigenvalue weighted by Crippen LogP contribution is 2.42. The second-order valence-corrected chi connectivity index (χ2v) is 11.4. The van der Waals surface area contributed by atoms with Gasteiger partial charge in [-0.25, -0.2) is 4.79 Å². The Hall–Kier alpha value is -2.83. The second kappa shape index (κ2) is 12.2. The maximum atomic E-state index is 13.2. The first kappa shape index (κ1) is 32.7. The van der Waals surface area contributed by atoms with E-state index in [1.165, 1.54) is 41.3 Å². The first-order chi connectivity index (χ1) is 18.9. The Morgan fingerprint density at radius 2 is 1.15 bits per heavy atom. The van der Waals surface area contributed by atoms with E-state index in [0.717, 1.165) is 12.1 Å². The van der Waals surface area contributed by atoms with Crippen molar-refractivity contribution in [3.05, 3.63) is 70.8 Å². The van der Waals surface area contributed by atoms with E-state index in [1.54, 1.807) is 20.8 Å². The van der Waals surface area contributed by atoms with Crippen LogP contribution in [0.5, 0.6) is 0 Å². The van der Waals surface area contributed by atoms with Crippen LogP contribution in [0.1, 0.15) is 68.7 Å². The number of ether oxygens (including phenoxy) is 1. The number of alkyl halides is 6. The molecular weight excluding hydrogens is 554 g/mol. The van der Waals surface area contributed by atoms with E-state index in [9.17, 15) is 41.4 Å². The summed E-state index contributed by atoms with van der Waals surface area (Å²) in [6.07, 6.45) is -8.81. The first-order valence-electron chi connectivity index (χ1n) is 13.3. The molecule has 6 nitrogen and oxygen atoms in total. The van der Waals surface area contributed by atoms with E-state index < -0.39 is 46.4 Å². The van der Waals surface area contributed by atoms with Crippen molar-refractivity contribution in [3.63, 3.8) is 0 Å². The van der Waals surface area contributed by atoms with E-state index in [0.29, 0.717) is 25.9 Å². The number of aliphatic hydroxyl groups is 2. The summed E-state index contributed by atoms with van der Waals surface area (Å²) in [6.45, 7) is 6.56. The molecule has 2 aromatic carbocycles. The van der Waals surface area contributed by atoms with Gasteiger partial charge in [-0.3, -0.25) is 0 Å². The van der Waals surface area contributed by atoms with E-state index in [-0.39, 0.29) is 37.1 Å². The van der Waals surface area contributed by atoms with Crippen LogP contribution in [0.25, 0.3) is 0 Å². The highest BCUT2D eigenvalue weighted by molar-refractivity contribution is 5.68. The van der Waals surface area contributed by atoms with Crippen LogP contribution in [0.3, 0.4) is 0 Å². The van der Waals surface area contributed by atoms with Gasteiger partial charge in [0, 0.05) is 13.1 Å². The van der Waals surface area contributed by atoms with E-state index in [2.05, 4.69) is 5.32 Å². The van der Waals surface area contributed by atoms with Gasteiger partial charge in [0.1, 0.15) is 5.60 Å². The summed E-state index contributed by atoms with van der Waals surface area (Å²) in [5.41, 5.74) is -5.33. The molecule has 0 saturated carbocycles. The molecule has 0 aliphatic carbocycles. The van der Waals surface area contributed by atoms with Gasteiger partial charge in [-0.05, 0) is 82.8 Å². The third kappa shape index (κ3) is 8.36. The van der Waals surface area contributed by atoms with Gasteiger partial charge in [-0.15, -0.1) is 0 Å². The monoisotopic (exact) mass is 590 g/mol. The summed E-state index contributed by atoms with van der Waals surface area (Å²) in [4.78, 5) is 13.4. The average Bonchev–Trinajstić information content (AvgIpc) is 2.88. The lowest BCUT2D eigenvalue weighted by Gasteiger charge is -2.39. The topological polar surface area (TPSA) is 82.0 Å². The van der Waals surface area contributed by atoms with Gasteiger partial charge in [0.25, 0.3) is 0 Å². The molecule has 12 heteroatoms. The fourth-order valence-corrected chi connectivity index (χ4v) is 5.04. The van der Waals surface area contributed by atoms with Crippen LogP contribution in [0.2, 0.25) is 0 Å². The number of carbonyl (C=O) groups is 1. The molecule has 2 aliphatic rings. The van der Waals surface area contributed by atoms with Crippen LogP contribution in [-0.2, 0) is 28.3 Å². The lowest BCUT2D eigenvalue weighted by atomic mass is 9.82. The minimum Gasteiger partial charge on any atom is -0.444 e. The fraction of sp³-hybridized carbons (Fsp3) is 0.552. The van der Waals surface area contributed by atoms with Crippen molar-refractivity contribution >= 4 is 6.09 Å². The van der Waals surface area contributed by atoms with Crippen molar-refractivity contribution in [2.75, 3.05) is 26.2 Å². The number of nitrogens with zero attached hydrogens (tertiary/aromatic N) is 1. The number of halogens is 6. The minimum atomic E-state index is -4.53. The number of likely N-dealkylation sites (tertiary alicyclic amines) is 1. The van der Waals surface area contributed by atoms with Crippen molar-refractivity contribution in [2.24, 2.45) is 0 Å². The van der Waals surface area contributed by atoms with Crippen LogP contribution in [0, 0.1) is 0 Å². The summed E-state index contributed by atoms with van der Waals surface area (Å²) in [5, 5.41) is 24.1. The second-order valence-electron chi connectivity index (χ2n) is 11.4. The number of nitrogens with one attached hydrogen (secondary N) is 1. The molecule has 0 radical (unpaired) electrons. The molecule has 1 amide bonds. The Labute approximate surface area is 235 Å². The van der Waals surface area contributed by atoms with Gasteiger partial charge in [0.05, 0.1) is 22.3 Å². The quantitative estimate of drug-likeness (QED) is 0.363. The van der Waals surface area contributed by atoms with Crippen molar-refractivity contribution in [1.29, 1.82) is 0 Å². The smallest absolute Gasteiger partial charge is 0.416 e. The lowest BCUT2D eigenvalue weighted by molar-refractivity contribution is -0.142. The Kier molecular flexibility index (Phi) is 9.71. The predicted molar refractivity (Wildman–Crippen MR) is 140 cm³/mol. The minimum absolute atomic E-state index is 0.00556. The predicted octanol–water partition coefficient (Wildman–Crippen LogP) is 6.20. The van der Waals surface area contributed by atoms with Crippen molar-refractivity contribution in [2.45, 2.75) is 75.6 Å². The maximum Gasteiger partial charge on any atom is 0.416 e. The number of amides is 1. The van der Waals surface area contributed by atoms with E-state index in [4.69, 9.17) is 4.74 Å². The molecule has 0 spiro atoms. The zero-order chi connectivity index (χ0) is 30.7. The summed E-state index contributed by atoms with van der Waals surface area (Å²) in [5.74, 6) is 0. The Balaban J connectivity index is 0.000000239. The normalized spacial score (nSPS) is 19.1. The summed E-state index contributed by atoms with van der Waals surface area (Å²) in [7, 11) is 0. The van der Waals surface area contributed by atoms with Gasteiger partial charge in [-0.2, -0.15) is 26.3 Å². The highest BCUT2D eigenvalue weighted by Gasteiger charge is 2.43. The maximum absolute atomic E-state index is 13.2. The number of hydrogen-bond acceptors (Lipinski definition) is 5. The molecule has 0 atom stereocenters. The largest absolute Gasteiger partial charge is 0.444 e. The Morgan fingerprint density at radius 1 is 0.756 bits per heavy atom. The summed E-state index contributed by atoms with van der Waals surface area (Å²) >= 11 is 0. The van der Waals surface area contributed by atoms with Crippen LogP contribution in [0.15, 0.2) is 48.5 Å². The molecule has 2 aromatic rings. The Bertz CT molecular complexity index is 1180.